The molecule has 0 radical (unpaired) electrons. The average Bonchev–Trinajstić information content (AvgIpc) is 3.40. The molecule has 1 atom stereocenters. The van der Waals surface area contributed by atoms with Crippen LogP contribution in [0.25, 0.3) is 21.8 Å². The van der Waals surface area contributed by atoms with E-state index in [2.05, 4.69) is 33.5 Å². The van der Waals surface area contributed by atoms with Crippen LogP contribution in [0.15, 0.2) is 60.8 Å². The molecule has 1 fully saturated rings. The van der Waals surface area contributed by atoms with Crippen molar-refractivity contribution in [3.05, 3.63) is 72.1 Å². The minimum atomic E-state index is -0.306. The lowest BCUT2D eigenvalue weighted by molar-refractivity contribution is 0.133. The van der Waals surface area contributed by atoms with Crippen molar-refractivity contribution >= 4 is 27.9 Å². The molecular formula is C25H26N4O3. The van der Waals surface area contributed by atoms with E-state index in [1.54, 1.807) is 18.2 Å². The second kappa shape index (κ2) is 8.88. The number of H-pyrrole nitrogens is 1. The van der Waals surface area contributed by atoms with Crippen LogP contribution in [0.2, 0.25) is 0 Å². The highest BCUT2D eigenvalue weighted by Crippen LogP contribution is 2.32. The van der Waals surface area contributed by atoms with Gasteiger partial charge in [-0.3, -0.25) is 4.98 Å². The third kappa shape index (κ3) is 4.11. The fourth-order valence-electron chi connectivity index (χ4n) is 4.25. The van der Waals surface area contributed by atoms with Gasteiger partial charge in [-0.2, -0.15) is 0 Å². The van der Waals surface area contributed by atoms with Crippen LogP contribution >= 0.6 is 0 Å². The van der Waals surface area contributed by atoms with E-state index in [4.69, 9.17) is 9.47 Å². The molecule has 164 valence electrons. The molecule has 7 nitrogen and oxygen atoms in total. The van der Waals surface area contributed by atoms with Crippen molar-refractivity contribution in [3.63, 3.8) is 0 Å². The predicted octanol–water partition coefficient (Wildman–Crippen LogP) is 4.40. The second-order valence-corrected chi connectivity index (χ2v) is 8.01. The second-order valence-electron chi connectivity index (χ2n) is 8.01. The molecule has 3 heterocycles. The van der Waals surface area contributed by atoms with Crippen molar-refractivity contribution in [3.8, 4) is 5.75 Å². The van der Waals surface area contributed by atoms with Crippen LogP contribution in [0.4, 0.5) is 4.79 Å². The topological polar surface area (TPSA) is 79.5 Å². The van der Waals surface area contributed by atoms with E-state index in [9.17, 15) is 4.79 Å². The number of carbonyl (C=O) groups excluding carboxylic acids is 1. The Bertz CT molecular complexity index is 1220. The lowest BCUT2D eigenvalue weighted by Crippen LogP contribution is -2.28. The van der Waals surface area contributed by atoms with Gasteiger partial charge in [-0.05, 0) is 54.8 Å². The predicted molar refractivity (Wildman–Crippen MR) is 124 cm³/mol. The standard InChI is InChI=1S/C25H26N4O3/c1-31-19-7-8-23-21(14-19)20(9-11-27-23)24-16-29(25(30)32-24)12-4-10-26-15-18-13-17-5-2-3-6-22(17)28-18/h2-3,5-9,11,13-14,24,26,28H,4,10,12,15-16H2,1H3. The molecule has 0 spiro atoms. The first-order valence-corrected chi connectivity index (χ1v) is 10.9. The Labute approximate surface area is 186 Å². The minimum absolute atomic E-state index is 0.265. The number of ether oxygens (including phenoxy) is 2. The maximum Gasteiger partial charge on any atom is 0.410 e. The molecule has 0 bridgehead atoms. The molecule has 1 saturated heterocycles. The fourth-order valence-corrected chi connectivity index (χ4v) is 4.25. The Morgan fingerprint density at radius 3 is 3.00 bits per heavy atom. The first kappa shape index (κ1) is 20.3. The average molecular weight is 431 g/mol. The van der Waals surface area contributed by atoms with Crippen LogP contribution in [0.3, 0.4) is 0 Å². The number of pyridine rings is 1. The number of nitrogens with one attached hydrogen (secondary N) is 2. The summed E-state index contributed by atoms with van der Waals surface area (Å²) in [7, 11) is 1.64. The number of fused-ring (bicyclic) bond motifs is 2. The molecule has 1 unspecified atom stereocenters. The van der Waals surface area contributed by atoms with E-state index in [0.29, 0.717) is 13.1 Å². The first-order valence-electron chi connectivity index (χ1n) is 10.9. The molecule has 1 amide bonds. The number of hydrogen-bond donors (Lipinski definition) is 2. The zero-order valence-electron chi connectivity index (χ0n) is 18.0. The van der Waals surface area contributed by atoms with Gasteiger partial charge in [-0.15, -0.1) is 0 Å². The monoisotopic (exact) mass is 430 g/mol. The van der Waals surface area contributed by atoms with Crippen LogP contribution < -0.4 is 10.1 Å². The third-order valence-corrected chi connectivity index (χ3v) is 5.90. The van der Waals surface area contributed by atoms with Crippen molar-refractivity contribution < 1.29 is 14.3 Å². The first-order chi connectivity index (χ1) is 15.7. The molecule has 2 aromatic heterocycles. The molecule has 1 aliphatic heterocycles. The molecule has 0 aliphatic carbocycles. The molecule has 2 aromatic carbocycles. The van der Waals surface area contributed by atoms with Gasteiger partial charge in [0.2, 0.25) is 0 Å². The third-order valence-electron chi connectivity index (χ3n) is 5.90. The number of nitrogens with zero attached hydrogens (tertiary/aromatic N) is 2. The van der Waals surface area contributed by atoms with Crippen molar-refractivity contribution in [1.29, 1.82) is 0 Å². The molecule has 2 N–H and O–H groups in total. The Kier molecular flexibility index (Phi) is 5.64. The highest BCUT2D eigenvalue weighted by molar-refractivity contribution is 5.84. The number of aromatic amines is 1. The highest BCUT2D eigenvalue weighted by atomic mass is 16.6. The van der Waals surface area contributed by atoms with Gasteiger partial charge in [0.1, 0.15) is 11.9 Å². The number of benzene rings is 2. The number of carbonyl (C=O) groups is 1. The summed E-state index contributed by atoms with van der Waals surface area (Å²) in [5.41, 5.74) is 4.13. The molecule has 0 saturated carbocycles. The lowest BCUT2D eigenvalue weighted by Gasteiger charge is -2.14. The number of methoxy groups -OCH3 is 1. The van der Waals surface area contributed by atoms with Crippen LogP contribution in [0, 0.1) is 0 Å². The Hall–Kier alpha value is -3.58. The molecule has 1 aliphatic rings. The van der Waals surface area contributed by atoms with E-state index in [-0.39, 0.29) is 12.2 Å². The largest absolute Gasteiger partial charge is 0.497 e. The maximum atomic E-state index is 12.4. The van der Waals surface area contributed by atoms with Crippen LogP contribution in [-0.2, 0) is 11.3 Å². The van der Waals surface area contributed by atoms with Gasteiger partial charge in [0.15, 0.2) is 0 Å². The molecule has 4 aromatic rings. The van der Waals surface area contributed by atoms with Crippen molar-refractivity contribution in [2.75, 3.05) is 26.7 Å². The zero-order chi connectivity index (χ0) is 21.9. The molecule has 32 heavy (non-hydrogen) atoms. The summed E-state index contributed by atoms with van der Waals surface area (Å²) >= 11 is 0. The smallest absolute Gasteiger partial charge is 0.410 e. The summed E-state index contributed by atoms with van der Waals surface area (Å²) in [6.07, 6.45) is 2.04. The number of rotatable bonds is 8. The Morgan fingerprint density at radius 2 is 2.12 bits per heavy atom. The van der Waals surface area contributed by atoms with Crippen LogP contribution in [0.1, 0.15) is 23.8 Å². The Morgan fingerprint density at radius 1 is 1.22 bits per heavy atom. The van der Waals surface area contributed by atoms with Crippen LogP contribution in [-0.4, -0.2) is 47.7 Å². The van der Waals surface area contributed by atoms with E-state index in [0.717, 1.165) is 52.9 Å². The van der Waals surface area contributed by atoms with E-state index in [1.807, 2.05) is 36.4 Å². The van der Waals surface area contributed by atoms with Gasteiger partial charge in [-0.25, -0.2) is 4.79 Å². The summed E-state index contributed by atoms with van der Waals surface area (Å²) in [6.45, 7) is 2.78. The minimum Gasteiger partial charge on any atom is -0.497 e. The maximum absolute atomic E-state index is 12.4. The summed E-state index contributed by atoms with van der Waals surface area (Å²) in [4.78, 5) is 22.1. The van der Waals surface area contributed by atoms with E-state index < -0.39 is 0 Å². The molecule has 7 heteroatoms. The van der Waals surface area contributed by atoms with Gasteiger partial charge in [-0.1, -0.05) is 18.2 Å². The van der Waals surface area contributed by atoms with Gasteiger partial charge in [0.25, 0.3) is 0 Å². The Balaban J connectivity index is 1.15. The summed E-state index contributed by atoms with van der Waals surface area (Å²) in [5, 5.41) is 5.62. The normalized spacial score (nSPS) is 16.1. The quantitative estimate of drug-likeness (QED) is 0.405. The lowest BCUT2D eigenvalue weighted by atomic mass is 10.0. The summed E-state index contributed by atoms with van der Waals surface area (Å²) in [5.74, 6) is 0.758. The van der Waals surface area contributed by atoms with Gasteiger partial charge < -0.3 is 24.7 Å². The number of cyclic esters (lactones) is 1. The molecule has 5 rings (SSSR count). The van der Waals surface area contributed by atoms with Gasteiger partial charge in [0.05, 0.1) is 19.2 Å². The van der Waals surface area contributed by atoms with Gasteiger partial charge >= 0.3 is 6.09 Å². The van der Waals surface area contributed by atoms with Crippen LogP contribution in [0.5, 0.6) is 5.75 Å². The number of hydrogen-bond acceptors (Lipinski definition) is 5. The summed E-state index contributed by atoms with van der Waals surface area (Å²) in [6, 6.07) is 18.1. The fraction of sp³-hybridized carbons (Fsp3) is 0.280. The summed E-state index contributed by atoms with van der Waals surface area (Å²) < 4.78 is 11.0. The highest BCUT2D eigenvalue weighted by Gasteiger charge is 2.32. The number of para-hydroxylation sites is 1. The van der Waals surface area contributed by atoms with Crippen molar-refractivity contribution in [1.82, 2.24) is 20.2 Å². The SMILES string of the molecule is COc1ccc2nccc(C3CN(CCCNCc4cc5ccccc5[nH]4)C(=O)O3)c2c1. The zero-order valence-corrected chi connectivity index (χ0v) is 18.0. The number of aromatic nitrogens is 2. The molecular weight excluding hydrogens is 404 g/mol. The van der Waals surface area contributed by atoms with Crippen molar-refractivity contribution in [2.24, 2.45) is 0 Å². The van der Waals surface area contributed by atoms with Gasteiger partial charge in [0, 0.05) is 41.4 Å². The number of amides is 1. The van der Waals surface area contributed by atoms with E-state index in [1.165, 1.54) is 5.39 Å². The van der Waals surface area contributed by atoms with Crippen molar-refractivity contribution in [2.45, 2.75) is 19.1 Å². The van der Waals surface area contributed by atoms with E-state index >= 15 is 0 Å².